The molecule has 2 amide bonds. The molecule has 7 heteroatoms. The third-order valence-corrected chi connectivity index (χ3v) is 4.72. The fourth-order valence-electron chi connectivity index (χ4n) is 3.13. The Bertz CT molecular complexity index is 779. The number of piperidine rings is 1. The fraction of sp³-hybridized carbons (Fsp3) is 0.412. The fourth-order valence-corrected chi connectivity index (χ4v) is 3.35. The Labute approximate surface area is 144 Å². The average molecular weight is 350 g/mol. The summed E-state index contributed by atoms with van der Waals surface area (Å²) < 4.78 is 5.69. The molecule has 2 heterocycles. The minimum Gasteiger partial charge on any atom is -0.449 e. The number of furan rings is 1. The predicted octanol–water partition coefficient (Wildman–Crippen LogP) is 2.07. The zero-order valence-corrected chi connectivity index (χ0v) is 14.2. The second kappa shape index (κ2) is 6.83. The molecule has 1 aliphatic heterocycles. The van der Waals surface area contributed by atoms with Gasteiger partial charge in [0, 0.05) is 30.1 Å². The van der Waals surface area contributed by atoms with Gasteiger partial charge in [0.05, 0.1) is 11.6 Å². The van der Waals surface area contributed by atoms with E-state index in [1.54, 1.807) is 6.07 Å². The van der Waals surface area contributed by atoms with Crippen molar-refractivity contribution in [3.8, 4) is 0 Å². The van der Waals surface area contributed by atoms with Crippen LogP contribution >= 0.6 is 11.6 Å². The summed E-state index contributed by atoms with van der Waals surface area (Å²) in [4.78, 5) is 25.5. The Kier molecular flexibility index (Phi) is 4.78. The molecule has 0 saturated carbocycles. The van der Waals surface area contributed by atoms with Crippen molar-refractivity contribution in [2.24, 2.45) is 5.73 Å². The van der Waals surface area contributed by atoms with Gasteiger partial charge >= 0.3 is 0 Å². The van der Waals surface area contributed by atoms with Gasteiger partial charge in [0.2, 0.25) is 5.91 Å². The lowest BCUT2D eigenvalue weighted by atomic mass is 10.0. The van der Waals surface area contributed by atoms with Crippen LogP contribution in [0.1, 0.15) is 29.0 Å². The molecule has 0 radical (unpaired) electrons. The van der Waals surface area contributed by atoms with E-state index in [9.17, 15) is 9.59 Å². The molecule has 1 aliphatic rings. The van der Waals surface area contributed by atoms with Crippen LogP contribution in [0.15, 0.2) is 22.6 Å². The van der Waals surface area contributed by atoms with Crippen LogP contribution in [0.2, 0.25) is 5.02 Å². The maximum Gasteiger partial charge on any atom is 0.287 e. The number of para-hydroxylation sites is 1. The highest BCUT2D eigenvalue weighted by Gasteiger charge is 2.25. The van der Waals surface area contributed by atoms with E-state index in [1.165, 1.54) is 0 Å². The SMILES string of the molecule is Cc1c(C(=O)NC2CCN(CC(N)=O)CC2)oc2c(Cl)cccc12. The number of nitrogens with two attached hydrogens (primary N) is 1. The van der Waals surface area contributed by atoms with Crippen LogP contribution < -0.4 is 11.1 Å². The van der Waals surface area contributed by atoms with E-state index in [2.05, 4.69) is 5.32 Å². The van der Waals surface area contributed by atoms with Gasteiger partial charge in [-0.1, -0.05) is 23.7 Å². The van der Waals surface area contributed by atoms with Crippen molar-refractivity contribution in [3.63, 3.8) is 0 Å². The molecule has 0 spiro atoms. The molecule has 1 saturated heterocycles. The third-order valence-electron chi connectivity index (χ3n) is 4.42. The standard InChI is InChI=1S/C17H20ClN3O3/c1-10-12-3-2-4-13(18)16(12)24-15(10)17(23)20-11-5-7-21(8-6-11)9-14(19)22/h2-4,11H,5-9H2,1H3,(H2,19,22)(H,20,23). The molecule has 24 heavy (non-hydrogen) atoms. The summed E-state index contributed by atoms with van der Waals surface area (Å²) in [5.74, 6) is -0.252. The van der Waals surface area contributed by atoms with Crippen molar-refractivity contribution in [2.75, 3.05) is 19.6 Å². The summed E-state index contributed by atoms with van der Waals surface area (Å²) >= 11 is 6.13. The number of benzene rings is 1. The molecule has 0 bridgehead atoms. The number of likely N-dealkylation sites (tertiary alicyclic amines) is 1. The van der Waals surface area contributed by atoms with Gasteiger partial charge in [-0.2, -0.15) is 0 Å². The number of nitrogens with zero attached hydrogens (tertiary/aromatic N) is 1. The van der Waals surface area contributed by atoms with Crippen LogP contribution in [-0.2, 0) is 4.79 Å². The number of rotatable bonds is 4. The molecule has 6 nitrogen and oxygen atoms in total. The number of fused-ring (bicyclic) bond motifs is 1. The van der Waals surface area contributed by atoms with Crippen LogP contribution in [0, 0.1) is 6.92 Å². The first-order chi connectivity index (χ1) is 11.5. The summed E-state index contributed by atoms with van der Waals surface area (Å²) in [7, 11) is 0. The first-order valence-corrected chi connectivity index (χ1v) is 8.32. The first-order valence-electron chi connectivity index (χ1n) is 7.95. The van der Waals surface area contributed by atoms with Crippen LogP contribution in [0.3, 0.4) is 0 Å². The molecule has 3 N–H and O–H groups in total. The molecule has 0 atom stereocenters. The lowest BCUT2D eigenvalue weighted by Gasteiger charge is -2.31. The lowest BCUT2D eigenvalue weighted by molar-refractivity contribution is -0.119. The molecule has 128 valence electrons. The smallest absolute Gasteiger partial charge is 0.287 e. The van der Waals surface area contributed by atoms with Crippen molar-refractivity contribution in [2.45, 2.75) is 25.8 Å². The number of hydrogen-bond donors (Lipinski definition) is 2. The number of amides is 2. The average Bonchev–Trinajstić information content (AvgIpc) is 2.88. The van der Waals surface area contributed by atoms with Crippen LogP contribution in [0.4, 0.5) is 0 Å². The monoisotopic (exact) mass is 349 g/mol. The molecular formula is C17H20ClN3O3. The van der Waals surface area contributed by atoms with Crippen molar-refractivity contribution >= 4 is 34.4 Å². The summed E-state index contributed by atoms with van der Waals surface area (Å²) in [5.41, 5.74) is 6.53. The van der Waals surface area contributed by atoms with Crippen LogP contribution in [-0.4, -0.2) is 42.4 Å². The highest BCUT2D eigenvalue weighted by Crippen LogP contribution is 2.30. The van der Waals surface area contributed by atoms with Gasteiger partial charge in [-0.3, -0.25) is 14.5 Å². The van der Waals surface area contributed by atoms with Gasteiger partial charge in [-0.05, 0) is 25.8 Å². The Hall–Kier alpha value is -2.05. The van der Waals surface area contributed by atoms with Gasteiger partial charge in [0.1, 0.15) is 0 Å². The number of halogens is 1. The van der Waals surface area contributed by atoms with E-state index in [0.717, 1.165) is 36.9 Å². The topological polar surface area (TPSA) is 88.6 Å². The number of hydrogen-bond acceptors (Lipinski definition) is 4. The van der Waals surface area contributed by atoms with E-state index < -0.39 is 0 Å². The van der Waals surface area contributed by atoms with Crippen molar-refractivity contribution in [3.05, 3.63) is 34.5 Å². The van der Waals surface area contributed by atoms with E-state index in [4.69, 9.17) is 21.8 Å². The van der Waals surface area contributed by atoms with E-state index in [1.807, 2.05) is 24.0 Å². The van der Waals surface area contributed by atoms with Crippen LogP contribution in [0.25, 0.3) is 11.0 Å². The number of nitrogens with one attached hydrogen (secondary N) is 1. The number of carbonyl (C=O) groups is 2. The Morgan fingerprint density at radius 3 is 2.71 bits per heavy atom. The largest absolute Gasteiger partial charge is 0.449 e. The summed E-state index contributed by atoms with van der Waals surface area (Å²) in [6, 6.07) is 5.52. The summed E-state index contributed by atoms with van der Waals surface area (Å²) in [6.45, 7) is 3.59. The van der Waals surface area contributed by atoms with Crippen molar-refractivity contribution < 1.29 is 14.0 Å². The number of aryl methyl sites for hydroxylation is 1. The number of carbonyl (C=O) groups excluding carboxylic acids is 2. The van der Waals surface area contributed by atoms with E-state index >= 15 is 0 Å². The van der Waals surface area contributed by atoms with Crippen molar-refractivity contribution in [1.29, 1.82) is 0 Å². The zero-order chi connectivity index (χ0) is 17.3. The van der Waals surface area contributed by atoms with Gasteiger partial charge in [0.25, 0.3) is 5.91 Å². The molecule has 1 aromatic heterocycles. The number of primary amides is 1. The maximum atomic E-state index is 12.5. The van der Waals surface area contributed by atoms with Crippen LogP contribution in [0.5, 0.6) is 0 Å². The van der Waals surface area contributed by atoms with Gasteiger partial charge in [-0.25, -0.2) is 0 Å². The van der Waals surface area contributed by atoms with Gasteiger partial charge in [0.15, 0.2) is 11.3 Å². The second-order valence-corrected chi connectivity index (χ2v) is 6.57. The second-order valence-electron chi connectivity index (χ2n) is 6.16. The molecule has 3 rings (SSSR count). The molecule has 0 unspecified atom stereocenters. The third kappa shape index (κ3) is 3.39. The first kappa shape index (κ1) is 16.8. The van der Waals surface area contributed by atoms with E-state index in [-0.39, 0.29) is 24.4 Å². The van der Waals surface area contributed by atoms with Crippen molar-refractivity contribution in [1.82, 2.24) is 10.2 Å². The highest BCUT2D eigenvalue weighted by molar-refractivity contribution is 6.35. The predicted molar refractivity (Wildman–Crippen MR) is 92.1 cm³/mol. The Morgan fingerprint density at radius 2 is 2.08 bits per heavy atom. The van der Waals surface area contributed by atoms with Gasteiger partial charge < -0.3 is 15.5 Å². The highest BCUT2D eigenvalue weighted by atomic mass is 35.5. The Morgan fingerprint density at radius 1 is 1.38 bits per heavy atom. The van der Waals surface area contributed by atoms with E-state index in [0.29, 0.717) is 16.4 Å². The molecule has 2 aromatic rings. The molecule has 1 aromatic carbocycles. The summed E-state index contributed by atoms with van der Waals surface area (Å²) in [6.07, 6.45) is 1.55. The minimum absolute atomic E-state index is 0.0599. The van der Waals surface area contributed by atoms with Gasteiger partial charge in [-0.15, -0.1) is 0 Å². The minimum atomic E-state index is -0.327. The zero-order valence-electron chi connectivity index (χ0n) is 13.5. The quantitative estimate of drug-likeness (QED) is 0.884. The summed E-state index contributed by atoms with van der Waals surface area (Å²) in [5, 5.41) is 4.36. The Balaban J connectivity index is 1.67. The molecule has 1 fully saturated rings. The lowest BCUT2D eigenvalue weighted by Crippen LogP contribution is -2.46. The molecular weight excluding hydrogens is 330 g/mol. The molecule has 0 aliphatic carbocycles. The maximum absolute atomic E-state index is 12.5. The normalized spacial score (nSPS) is 16.4.